The molecule has 1 fully saturated rings. The lowest BCUT2D eigenvalue weighted by Gasteiger charge is -2.15. The number of esters is 1. The monoisotopic (exact) mass is 290 g/mol. The fourth-order valence-electron chi connectivity index (χ4n) is 3.09. The van der Waals surface area contributed by atoms with Gasteiger partial charge in [-0.05, 0) is 38.0 Å². The highest BCUT2D eigenvalue weighted by atomic mass is 16.5. The molecule has 0 radical (unpaired) electrons. The maximum absolute atomic E-state index is 12.0. The van der Waals surface area contributed by atoms with E-state index in [2.05, 4.69) is 25.8 Å². The van der Waals surface area contributed by atoms with Crippen molar-refractivity contribution in [2.45, 2.75) is 65.2 Å². The molecule has 0 saturated heterocycles. The summed E-state index contributed by atoms with van der Waals surface area (Å²) >= 11 is 0. The van der Waals surface area contributed by atoms with Crippen molar-refractivity contribution < 1.29 is 9.53 Å². The summed E-state index contributed by atoms with van der Waals surface area (Å²) in [6.45, 7) is 8.54. The van der Waals surface area contributed by atoms with Crippen molar-refractivity contribution in [3.63, 3.8) is 0 Å². The Morgan fingerprint density at radius 3 is 2.71 bits per heavy atom. The Hall–Kier alpha value is -1.45. The molecule has 0 aliphatic heterocycles. The van der Waals surface area contributed by atoms with E-state index in [1.54, 1.807) is 6.20 Å². The zero-order valence-electron chi connectivity index (χ0n) is 13.6. The first kappa shape index (κ1) is 15.9. The Labute approximate surface area is 127 Å². The minimum absolute atomic E-state index is 0.189. The van der Waals surface area contributed by atoms with Crippen molar-refractivity contribution in [1.29, 1.82) is 0 Å². The van der Waals surface area contributed by atoms with Gasteiger partial charge in [0.15, 0.2) is 0 Å². The van der Waals surface area contributed by atoms with Crippen molar-refractivity contribution in [2.75, 3.05) is 6.61 Å². The molecule has 1 aliphatic carbocycles. The molecule has 0 spiro atoms. The number of carbonyl (C=O) groups excluding carboxylic acids is 1. The predicted molar refractivity (Wildman–Crippen MR) is 82.5 cm³/mol. The van der Waals surface area contributed by atoms with Crippen LogP contribution in [0.5, 0.6) is 0 Å². The molecule has 0 bridgehead atoms. The number of rotatable bonds is 5. The third-order valence-electron chi connectivity index (χ3n) is 4.36. The first-order valence-corrected chi connectivity index (χ1v) is 8.10. The Balaban J connectivity index is 2.26. The molecule has 1 aromatic heterocycles. The van der Waals surface area contributed by atoms with E-state index in [1.807, 2.05) is 6.92 Å². The summed E-state index contributed by atoms with van der Waals surface area (Å²) in [5.41, 5.74) is 1.33. The van der Waals surface area contributed by atoms with Crippen LogP contribution in [0.1, 0.15) is 87.1 Å². The molecular formula is C17H26N2O2. The zero-order chi connectivity index (χ0) is 15.4. The van der Waals surface area contributed by atoms with Gasteiger partial charge in [-0.25, -0.2) is 14.8 Å². The fourth-order valence-corrected chi connectivity index (χ4v) is 3.09. The van der Waals surface area contributed by atoms with Crippen LogP contribution in [0, 0.1) is 5.92 Å². The third kappa shape index (κ3) is 3.60. The number of hydrogen-bond donors (Lipinski definition) is 0. The van der Waals surface area contributed by atoms with E-state index in [0.717, 1.165) is 23.9 Å². The van der Waals surface area contributed by atoms with E-state index in [0.29, 0.717) is 18.1 Å². The lowest BCUT2D eigenvalue weighted by atomic mass is 10.0. The summed E-state index contributed by atoms with van der Waals surface area (Å²) in [6, 6.07) is 0. The highest BCUT2D eigenvalue weighted by Gasteiger charge is 2.28. The average molecular weight is 290 g/mol. The number of nitrogens with zero attached hydrogens (tertiary/aromatic N) is 2. The second-order valence-electron chi connectivity index (χ2n) is 6.19. The Kier molecular flexibility index (Phi) is 5.32. The minimum atomic E-state index is -0.314. The largest absolute Gasteiger partial charge is 0.462 e. The number of aromatic nitrogens is 2. The van der Waals surface area contributed by atoms with Gasteiger partial charge in [0.1, 0.15) is 5.82 Å². The van der Waals surface area contributed by atoms with Gasteiger partial charge in [0.05, 0.1) is 17.9 Å². The molecule has 1 heterocycles. The molecule has 4 heteroatoms. The van der Waals surface area contributed by atoms with Gasteiger partial charge in [-0.15, -0.1) is 0 Å². The van der Waals surface area contributed by atoms with Crippen molar-refractivity contribution >= 4 is 5.97 Å². The average Bonchev–Trinajstić information content (AvgIpc) is 2.95. The van der Waals surface area contributed by atoms with Gasteiger partial charge in [-0.2, -0.15) is 0 Å². The predicted octanol–water partition coefficient (Wildman–Crippen LogP) is 4.07. The molecule has 1 saturated carbocycles. The topological polar surface area (TPSA) is 52.1 Å². The zero-order valence-corrected chi connectivity index (χ0v) is 13.6. The van der Waals surface area contributed by atoms with Crippen molar-refractivity contribution in [3.05, 3.63) is 23.3 Å². The van der Waals surface area contributed by atoms with Gasteiger partial charge in [0, 0.05) is 12.1 Å². The second kappa shape index (κ2) is 7.01. The molecule has 2 rings (SSSR count). The Morgan fingerprint density at radius 2 is 2.14 bits per heavy atom. The van der Waals surface area contributed by atoms with E-state index in [-0.39, 0.29) is 11.9 Å². The molecule has 2 unspecified atom stereocenters. The number of hydrogen-bond acceptors (Lipinski definition) is 4. The van der Waals surface area contributed by atoms with Crippen LogP contribution < -0.4 is 0 Å². The molecule has 0 amide bonds. The maximum atomic E-state index is 12.0. The smallest absolute Gasteiger partial charge is 0.341 e. The number of ether oxygens (including phenoxy) is 1. The van der Waals surface area contributed by atoms with E-state index in [4.69, 9.17) is 9.72 Å². The lowest BCUT2D eigenvalue weighted by molar-refractivity contribution is 0.0523. The third-order valence-corrected chi connectivity index (χ3v) is 4.36. The maximum Gasteiger partial charge on any atom is 0.341 e. The van der Waals surface area contributed by atoms with Crippen molar-refractivity contribution in [1.82, 2.24) is 9.97 Å². The molecule has 2 atom stereocenters. The minimum Gasteiger partial charge on any atom is -0.462 e. The molecular weight excluding hydrogens is 264 g/mol. The Bertz CT molecular complexity index is 500. The summed E-state index contributed by atoms with van der Waals surface area (Å²) in [7, 11) is 0. The van der Waals surface area contributed by atoms with Crippen LogP contribution in [0.15, 0.2) is 6.20 Å². The molecule has 1 aromatic rings. The number of carbonyl (C=O) groups is 1. The van der Waals surface area contributed by atoms with Gasteiger partial charge in [-0.1, -0.05) is 27.2 Å². The summed E-state index contributed by atoms with van der Waals surface area (Å²) in [4.78, 5) is 21.2. The van der Waals surface area contributed by atoms with Crippen LogP contribution in [-0.4, -0.2) is 22.5 Å². The van der Waals surface area contributed by atoms with Crippen molar-refractivity contribution in [2.24, 2.45) is 5.92 Å². The molecule has 1 aliphatic rings. The van der Waals surface area contributed by atoms with Crippen LogP contribution >= 0.6 is 0 Å². The van der Waals surface area contributed by atoms with Crippen molar-refractivity contribution in [3.8, 4) is 0 Å². The van der Waals surface area contributed by atoms with Gasteiger partial charge in [-0.3, -0.25) is 0 Å². The lowest BCUT2D eigenvalue weighted by Crippen LogP contribution is -2.14. The highest BCUT2D eigenvalue weighted by molar-refractivity contribution is 5.90. The summed E-state index contributed by atoms with van der Waals surface area (Å²) < 4.78 is 5.10. The van der Waals surface area contributed by atoms with E-state index in [9.17, 15) is 4.79 Å². The Morgan fingerprint density at radius 1 is 1.38 bits per heavy atom. The molecule has 116 valence electrons. The molecule has 4 nitrogen and oxygen atoms in total. The fraction of sp³-hybridized carbons (Fsp3) is 0.706. The van der Waals surface area contributed by atoms with E-state index in [1.165, 1.54) is 19.3 Å². The first-order chi connectivity index (χ1) is 10.1. The SMILES string of the molecule is CCOC(=O)c1cnc(C2CCC(CC)C2)nc1C(C)C. The van der Waals surface area contributed by atoms with Gasteiger partial charge >= 0.3 is 5.97 Å². The summed E-state index contributed by atoms with van der Waals surface area (Å²) in [6.07, 6.45) is 6.49. The molecule has 21 heavy (non-hydrogen) atoms. The van der Waals surface area contributed by atoms with E-state index < -0.39 is 0 Å². The van der Waals surface area contributed by atoms with Gasteiger partial charge < -0.3 is 4.74 Å². The molecule has 0 aromatic carbocycles. The van der Waals surface area contributed by atoms with Crippen LogP contribution in [0.3, 0.4) is 0 Å². The normalized spacial score (nSPS) is 21.8. The highest BCUT2D eigenvalue weighted by Crippen LogP contribution is 2.38. The van der Waals surface area contributed by atoms with Gasteiger partial charge in [0.25, 0.3) is 0 Å². The van der Waals surface area contributed by atoms with Crippen LogP contribution in [0.4, 0.5) is 0 Å². The standard InChI is InChI=1S/C17H26N2O2/c1-5-12-7-8-13(9-12)16-18-10-14(17(20)21-6-2)15(19-16)11(3)4/h10-13H,5-9H2,1-4H3. The van der Waals surface area contributed by atoms with Gasteiger partial charge in [0.2, 0.25) is 0 Å². The molecule has 0 N–H and O–H groups in total. The van der Waals surface area contributed by atoms with E-state index >= 15 is 0 Å². The summed E-state index contributed by atoms with van der Waals surface area (Å²) in [5, 5.41) is 0. The summed E-state index contributed by atoms with van der Waals surface area (Å²) in [5.74, 6) is 2.03. The quantitative estimate of drug-likeness (QED) is 0.767. The van der Waals surface area contributed by atoms with Crippen LogP contribution in [0.25, 0.3) is 0 Å². The second-order valence-corrected chi connectivity index (χ2v) is 6.19. The first-order valence-electron chi connectivity index (χ1n) is 8.10. The van der Waals surface area contributed by atoms with Crippen LogP contribution in [0.2, 0.25) is 0 Å². The van der Waals surface area contributed by atoms with Crippen LogP contribution in [-0.2, 0) is 4.74 Å².